The van der Waals surface area contributed by atoms with Gasteiger partial charge in [0, 0.05) is 0 Å². The minimum absolute atomic E-state index is 0. The van der Waals surface area contributed by atoms with E-state index in [-0.39, 0.29) is 40.1 Å². The molecule has 0 aliphatic heterocycles. The Morgan fingerprint density at radius 2 is 1.79 bits per heavy atom. The average Bonchev–Trinajstić information content (AvgIpc) is 2.55. The van der Waals surface area contributed by atoms with E-state index in [2.05, 4.69) is 79.3 Å². The zero-order chi connectivity index (χ0) is 15.1. The third-order valence-electron chi connectivity index (χ3n) is 4.20. The zero-order valence-corrected chi connectivity index (χ0v) is 17.1. The number of hydrogen-bond donors (Lipinski definition) is 0. The van der Waals surface area contributed by atoms with Gasteiger partial charge in [-0.15, -0.1) is 17.5 Å². The smallest absolute Gasteiger partial charge is 0.358 e. The fraction of sp³-hybridized carbons (Fsp3) is 0.0909. The summed E-state index contributed by atoms with van der Waals surface area (Å²) in [4.78, 5) is 0. The number of benzene rings is 3. The number of nitrogens with zero attached hydrogens (tertiary/aromatic N) is 1. The molecule has 0 saturated carbocycles. The zero-order valence-electron chi connectivity index (χ0n) is 14.3. The minimum atomic E-state index is 0. The van der Waals surface area contributed by atoms with Crippen LogP contribution in [-0.4, -0.2) is 0 Å². The Morgan fingerprint density at radius 3 is 2.54 bits per heavy atom. The van der Waals surface area contributed by atoms with E-state index in [1.165, 1.54) is 21.9 Å². The van der Waals surface area contributed by atoms with Gasteiger partial charge in [0.2, 0.25) is 0 Å². The van der Waals surface area contributed by atoms with Crippen LogP contribution in [0.2, 0.25) is 0 Å². The van der Waals surface area contributed by atoms with Gasteiger partial charge in [0.1, 0.15) is 12.6 Å². The molecule has 0 saturated heterocycles. The normalized spacial score (nSPS) is 10.2. The van der Waals surface area contributed by atoms with Crippen LogP contribution in [0.15, 0.2) is 60.8 Å². The molecule has 0 fully saturated rings. The van der Waals surface area contributed by atoms with Gasteiger partial charge in [-0.25, -0.2) is 10.1 Å². The molecule has 0 unspecified atom stereocenters. The monoisotopic (exact) mass is 386 g/mol. The van der Waals surface area contributed by atoms with Crippen molar-refractivity contribution in [1.82, 2.24) is 0 Å². The van der Waals surface area contributed by atoms with Gasteiger partial charge in [-0.3, -0.25) is 0 Å². The van der Waals surface area contributed by atoms with Crippen LogP contribution in [0.1, 0.15) is 5.56 Å². The Kier molecular flexibility index (Phi) is 5.90. The van der Waals surface area contributed by atoms with Crippen LogP contribution in [0.25, 0.3) is 32.8 Å². The molecule has 0 radical (unpaired) electrons. The fourth-order valence-corrected chi connectivity index (χ4v) is 3.18. The molecule has 1 aromatic heterocycles. The Hall–Kier alpha value is -1.57. The Labute approximate surface area is 169 Å². The third-order valence-corrected chi connectivity index (χ3v) is 4.20. The van der Waals surface area contributed by atoms with Crippen LogP contribution >= 0.6 is 0 Å². The number of aromatic nitrogens is 1. The van der Waals surface area contributed by atoms with Crippen LogP contribution in [0.4, 0.5) is 0 Å². The standard InChI is InChI=1S/C21H16N.CH3.Y/c1-15-8-6-12-18-19(16-9-4-3-5-10-16)14-17-11-7-13-22(2)21(17)20(15)18;;/h3-9,11-13H,1-2H3;1H3;/q2*-1;+3. The first-order valence-electron chi connectivity index (χ1n) is 7.46. The summed E-state index contributed by atoms with van der Waals surface area (Å²) in [6.45, 7) is 2.17. The first-order valence-corrected chi connectivity index (χ1v) is 7.46. The molecule has 114 valence electrons. The Balaban J connectivity index is 0.00000104. The van der Waals surface area contributed by atoms with Crippen molar-refractivity contribution in [3.8, 4) is 11.1 Å². The summed E-state index contributed by atoms with van der Waals surface area (Å²) in [7, 11) is 2.09. The second-order valence-corrected chi connectivity index (χ2v) is 5.66. The maximum absolute atomic E-state index is 3.60. The molecule has 24 heavy (non-hydrogen) atoms. The third kappa shape index (κ3) is 3.03. The SMILES string of the molecule is Cc1cccc2c(-c3[c-]cccc3)[c-]c3ccc[n+](C)c3c12.[CH3-].[Y+3]. The van der Waals surface area contributed by atoms with E-state index in [4.69, 9.17) is 0 Å². The van der Waals surface area contributed by atoms with Crippen molar-refractivity contribution in [3.05, 3.63) is 85.9 Å². The van der Waals surface area contributed by atoms with Crippen LogP contribution in [0.3, 0.4) is 0 Å². The predicted octanol–water partition coefficient (Wildman–Crippen LogP) is 4.84. The second-order valence-electron chi connectivity index (χ2n) is 5.66. The van der Waals surface area contributed by atoms with Crippen molar-refractivity contribution in [1.29, 1.82) is 0 Å². The van der Waals surface area contributed by atoms with Gasteiger partial charge in [-0.2, -0.15) is 35.9 Å². The summed E-state index contributed by atoms with van der Waals surface area (Å²) in [5, 5.41) is 3.67. The molecule has 0 aliphatic rings. The number of hydrogen-bond acceptors (Lipinski definition) is 0. The molecule has 1 nitrogen and oxygen atoms in total. The van der Waals surface area contributed by atoms with E-state index >= 15 is 0 Å². The average molecular weight is 386 g/mol. The van der Waals surface area contributed by atoms with Crippen molar-refractivity contribution in [3.63, 3.8) is 0 Å². The molecule has 4 rings (SSSR count). The van der Waals surface area contributed by atoms with Gasteiger partial charge < -0.3 is 7.43 Å². The fourth-order valence-electron chi connectivity index (χ4n) is 3.18. The molecular weight excluding hydrogens is 367 g/mol. The summed E-state index contributed by atoms with van der Waals surface area (Å²) < 4.78 is 2.18. The summed E-state index contributed by atoms with van der Waals surface area (Å²) >= 11 is 0. The predicted molar refractivity (Wildman–Crippen MR) is 96.9 cm³/mol. The van der Waals surface area contributed by atoms with E-state index in [0.717, 1.165) is 16.5 Å². The second kappa shape index (κ2) is 7.55. The van der Waals surface area contributed by atoms with Crippen LogP contribution in [-0.2, 0) is 39.8 Å². The summed E-state index contributed by atoms with van der Waals surface area (Å²) in [5.74, 6) is 0. The van der Waals surface area contributed by atoms with Gasteiger partial charge >= 0.3 is 32.7 Å². The van der Waals surface area contributed by atoms with Gasteiger partial charge in [-0.05, 0) is 18.4 Å². The maximum Gasteiger partial charge on any atom is 3.00 e. The molecule has 0 atom stereocenters. The molecule has 0 amide bonds. The van der Waals surface area contributed by atoms with Crippen molar-refractivity contribution in [2.24, 2.45) is 7.05 Å². The molecule has 4 aromatic rings. The summed E-state index contributed by atoms with van der Waals surface area (Å²) in [6.07, 6.45) is 2.09. The minimum Gasteiger partial charge on any atom is -0.358 e. The summed E-state index contributed by atoms with van der Waals surface area (Å²) in [5.41, 5.74) is 4.73. The Bertz CT molecular complexity index is 991. The Morgan fingerprint density at radius 1 is 0.958 bits per heavy atom. The molecule has 0 spiro atoms. The van der Waals surface area contributed by atoms with Crippen LogP contribution in [0, 0.1) is 26.5 Å². The summed E-state index contributed by atoms with van der Waals surface area (Å²) in [6, 6.07) is 25.7. The first-order chi connectivity index (χ1) is 10.8. The molecule has 3 aromatic carbocycles. The molecule has 1 heterocycles. The number of aryl methyl sites for hydroxylation is 2. The molecule has 2 heteroatoms. The van der Waals surface area contributed by atoms with Crippen LogP contribution in [0.5, 0.6) is 0 Å². The van der Waals surface area contributed by atoms with Crippen molar-refractivity contribution in [2.75, 3.05) is 0 Å². The van der Waals surface area contributed by atoms with E-state index in [1.807, 2.05) is 12.1 Å². The number of rotatable bonds is 1. The number of pyridine rings is 1. The van der Waals surface area contributed by atoms with Gasteiger partial charge in [0.25, 0.3) is 0 Å². The van der Waals surface area contributed by atoms with Crippen LogP contribution < -0.4 is 4.57 Å². The molecule has 0 N–H and O–H groups in total. The van der Waals surface area contributed by atoms with E-state index in [1.54, 1.807) is 0 Å². The van der Waals surface area contributed by atoms with Crippen molar-refractivity contribution >= 4 is 21.7 Å². The number of fused-ring (bicyclic) bond motifs is 3. The largest absolute Gasteiger partial charge is 3.00 e. The molecule has 0 aliphatic carbocycles. The maximum atomic E-state index is 3.60. The van der Waals surface area contributed by atoms with Gasteiger partial charge in [0.15, 0.2) is 6.20 Å². The topological polar surface area (TPSA) is 3.88 Å². The van der Waals surface area contributed by atoms with Gasteiger partial charge in [-0.1, -0.05) is 29.1 Å². The van der Waals surface area contributed by atoms with E-state index in [9.17, 15) is 0 Å². The van der Waals surface area contributed by atoms with E-state index in [0.29, 0.717) is 0 Å². The van der Waals surface area contributed by atoms with E-state index < -0.39 is 0 Å². The molecular formula is C22H19NY+. The quantitative estimate of drug-likeness (QED) is 0.250. The van der Waals surface area contributed by atoms with Crippen molar-refractivity contribution < 1.29 is 37.3 Å². The first kappa shape index (κ1) is 18.8. The van der Waals surface area contributed by atoms with Crippen molar-refractivity contribution in [2.45, 2.75) is 6.92 Å². The molecule has 0 bridgehead atoms. The van der Waals surface area contributed by atoms with Gasteiger partial charge in [0.05, 0.1) is 0 Å².